The van der Waals surface area contributed by atoms with Crippen molar-refractivity contribution in [1.82, 2.24) is 4.90 Å². The summed E-state index contributed by atoms with van der Waals surface area (Å²) in [6.45, 7) is 4.57. The highest BCUT2D eigenvalue weighted by Crippen LogP contribution is 2.39. The molecule has 0 aromatic rings. The highest BCUT2D eigenvalue weighted by molar-refractivity contribution is 4.92. The van der Waals surface area contributed by atoms with Crippen LogP contribution in [0, 0.1) is 11.8 Å². The van der Waals surface area contributed by atoms with Gasteiger partial charge in [0.1, 0.15) is 6.17 Å². The number of halogens is 1. The molecule has 2 unspecified atom stereocenters. The Hall–Kier alpha value is -0.150. The first kappa shape index (κ1) is 9.41. The summed E-state index contributed by atoms with van der Waals surface area (Å²) >= 11 is 0. The lowest BCUT2D eigenvalue weighted by molar-refractivity contribution is 0.234. The van der Waals surface area contributed by atoms with Gasteiger partial charge >= 0.3 is 0 Å². The maximum absolute atomic E-state index is 13.1. The predicted molar refractivity (Wildman–Crippen MR) is 51.2 cm³/mol. The van der Waals surface area contributed by atoms with Crippen LogP contribution in [0.4, 0.5) is 4.39 Å². The van der Waals surface area contributed by atoms with Gasteiger partial charge in [0.05, 0.1) is 0 Å². The van der Waals surface area contributed by atoms with Gasteiger partial charge in [0.15, 0.2) is 0 Å². The molecule has 0 bridgehead atoms. The van der Waals surface area contributed by atoms with Crippen LogP contribution >= 0.6 is 0 Å². The van der Waals surface area contributed by atoms with Crippen LogP contribution < -0.4 is 5.73 Å². The highest BCUT2D eigenvalue weighted by atomic mass is 19.1. The second kappa shape index (κ2) is 3.54. The van der Waals surface area contributed by atoms with Crippen molar-refractivity contribution in [2.75, 3.05) is 19.6 Å². The molecular weight excluding hydrogens is 167 g/mol. The van der Waals surface area contributed by atoms with Gasteiger partial charge in [0.2, 0.25) is 0 Å². The largest absolute Gasteiger partial charge is 0.329 e. The molecule has 13 heavy (non-hydrogen) atoms. The summed E-state index contributed by atoms with van der Waals surface area (Å²) in [5.74, 6) is 1.68. The minimum atomic E-state index is -0.636. The van der Waals surface area contributed by atoms with Gasteiger partial charge in [-0.05, 0) is 24.7 Å². The summed E-state index contributed by atoms with van der Waals surface area (Å²) in [6.07, 6.45) is 1.34. The molecule has 0 radical (unpaired) electrons. The maximum atomic E-state index is 13.1. The molecule has 3 heteroatoms. The Kier molecular flexibility index (Phi) is 2.56. The molecule has 76 valence electrons. The Labute approximate surface area is 79.3 Å². The van der Waals surface area contributed by atoms with E-state index < -0.39 is 6.17 Å². The first-order valence-corrected chi connectivity index (χ1v) is 5.29. The molecule has 0 amide bonds. The molecule has 1 saturated heterocycles. The third-order valence-electron chi connectivity index (χ3n) is 3.49. The van der Waals surface area contributed by atoms with Crippen LogP contribution in [-0.2, 0) is 0 Å². The first-order valence-electron chi connectivity index (χ1n) is 5.29. The summed E-state index contributed by atoms with van der Waals surface area (Å²) in [4.78, 5) is 2.25. The van der Waals surface area contributed by atoms with Crippen LogP contribution in [0.15, 0.2) is 0 Å². The number of nitrogens with two attached hydrogens (primary N) is 1. The molecule has 0 spiro atoms. The third-order valence-corrected chi connectivity index (χ3v) is 3.49. The van der Waals surface area contributed by atoms with Crippen LogP contribution in [0.3, 0.4) is 0 Å². The zero-order valence-corrected chi connectivity index (χ0v) is 8.25. The fourth-order valence-corrected chi connectivity index (χ4v) is 2.35. The molecular formula is C10H19FN2. The lowest BCUT2D eigenvalue weighted by atomic mass is 10.2. The van der Waals surface area contributed by atoms with Crippen molar-refractivity contribution in [2.45, 2.75) is 32.0 Å². The summed E-state index contributed by atoms with van der Waals surface area (Å²) < 4.78 is 13.1. The van der Waals surface area contributed by atoms with E-state index >= 15 is 0 Å². The van der Waals surface area contributed by atoms with Crippen molar-refractivity contribution < 1.29 is 4.39 Å². The topological polar surface area (TPSA) is 29.3 Å². The standard InChI is InChI=1S/C10H19FN2/c1-7-2-8(7)5-13-6-9(11)3-10(13)4-12/h7-10H,2-6,12H2,1H3/t7?,8?,9-,10-/m0/s1. The number of nitrogens with zero attached hydrogens (tertiary/aromatic N) is 1. The number of hydrogen-bond acceptors (Lipinski definition) is 2. The summed E-state index contributed by atoms with van der Waals surface area (Å²) in [6, 6.07) is 0.308. The lowest BCUT2D eigenvalue weighted by Crippen LogP contribution is -2.36. The number of rotatable bonds is 3. The molecule has 1 aliphatic heterocycles. The van der Waals surface area contributed by atoms with Gasteiger partial charge in [-0.15, -0.1) is 0 Å². The normalized spacial score (nSPS) is 45.5. The Balaban J connectivity index is 1.83. The highest BCUT2D eigenvalue weighted by Gasteiger charge is 2.38. The Bertz CT molecular complexity index is 186. The average molecular weight is 186 g/mol. The van der Waals surface area contributed by atoms with Crippen molar-refractivity contribution >= 4 is 0 Å². The van der Waals surface area contributed by atoms with E-state index in [1.807, 2.05) is 0 Å². The summed E-state index contributed by atoms with van der Waals surface area (Å²) in [5, 5.41) is 0. The molecule has 0 aromatic carbocycles. The van der Waals surface area contributed by atoms with E-state index in [0.29, 0.717) is 25.6 Å². The van der Waals surface area contributed by atoms with Gasteiger partial charge in [0, 0.05) is 25.7 Å². The SMILES string of the molecule is CC1CC1CN1C[C@@H](F)C[C@H]1CN. The zero-order chi connectivity index (χ0) is 9.42. The second-order valence-electron chi connectivity index (χ2n) is 4.65. The van der Waals surface area contributed by atoms with Gasteiger partial charge in [-0.3, -0.25) is 4.90 Å². The van der Waals surface area contributed by atoms with Crippen molar-refractivity contribution in [3.8, 4) is 0 Å². The fraction of sp³-hybridized carbons (Fsp3) is 1.00. The van der Waals surface area contributed by atoms with E-state index in [0.717, 1.165) is 18.4 Å². The van der Waals surface area contributed by atoms with E-state index in [4.69, 9.17) is 5.73 Å². The smallest absolute Gasteiger partial charge is 0.114 e. The molecule has 1 aliphatic carbocycles. The second-order valence-corrected chi connectivity index (χ2v) is 4.65. The van der Waals surface area contributed by atoms with Crippen LogP contribution in [0.25, 0.3) is 0 Å². The minimum Gasteiger partial charge on any atom is -0.329 e. The number of alkyl halides is 1. The van der Waals surface area contributed by atoms with Crippen molar-refractivity contribution in [3.05, 3.63) is 0 Å². The van der Waals surface area contributed by atoms with E-state index in [-0.39, 0.29) is 0 Å². The molecule has 2 fully saturated rings. The summed E-state index contributed by atoms with van der Waals surface area (Å²) in [7, 11) is 0. The van der Waals surface area contributed by atoms with Gasteiger partial charge in [-0.1, -0.05) is 6.92 Å². The number of likely N-dealkylation sites (tertiary alicyclic amines) is 1. The van der Waals surface area contributed by atoms with E-state index in [1.165, 1.54) is 6.42 Å². The molecule has 0 aromatic heterocycles. The molecule has 2 N–H and O–H groups in total. The van der Waals surface area contributed by atoms with Gasteiger partial charge < -0.3 is 5.73 Å². The molecule has 2 rings (SSSR count). The maximum Gasteiger partial charge on any atom is 0.114 e. The van der Waals surface area contributed by atoms with Gasteiger partial charge in [-0.25, -0.2) is 4.39 Å². The average Bonchev–Trinajstić information content (AvgIpc) is 2.62. The Morgan fingerprint density at radius 2 is 2.15 bits per heavy atom. The van der Waals surface area contributed by atoms with E-state index in [9.17, 15) is 4.39 Å². The number of hydrogen-bond donors (Lipinski definition) is 1. The quantitative estimate of drug-likeness (QED) is 0.713. The lowest BCUT2D eigenvalue weighted by Gasteiger charge is -2.22. The molecule has 4 atom stereocenters. The van der Waals surface area contributed by atoms with Crippen LogP contribution in [0.1, 0.15) is 19.8 Å². The van der Waals surface area contributed by atoms with Gasteiger partial charge in [0.25, 0.3) is 0 Å². The predicted octanol–water partition coefficient (Wildman–Crippen LogP) is 1.01. The van der Waals surface area contributed by atoms with E-state index in [1.54, 1.807) is 0 Å². The molecule has 2 aliphatic rings. The fourth-order valence-electron chi connectivity index (χ4n) is 2.35. The van der Waals surface area contributed by atoms with Gasteiger partial charge in [-0.2, -0.15) is 0 Å². The van der Waals surface area contributed by atoms with E-state index in [2.05, 4.69) is 11.8 Å². The van der Waals surface area contributed by atoms with Crippen LogP contribution in [0.5, 0.6) is 0 Å². The third kappa shape index (κ3) is 2.02. The van der Waals surface area contributed by atoms with Crippen molar-refractivity contribution in [3.63, 3.8) is 0 Å². The van der Waals surface area contributed by atoms with Crippen molar-refractivity contribution in [1.29, 1.82) is 0 Å². The Morgan fingerprint density at radius 3 is 2.69 bits per heavy atom. The molecule has 2 nitrogen and oxygen atoms in total. The first-order chi connectivity index (χ1) is 6.20. The molecule has 1 saturated carbocycles. The minimum absolute atomic E-state index is 0.308. The summed E-state index contributed by atoms with van der Waals surface area (Å²) in [5.41, 5.74) is 5.61. The zero-order valence-electron chi connectivity index (χ0n) is 8.25. The van der Waals surface area contributed by atoms with Crippen LogP contribution in [0.2, 0.25) is 0 Å². The monoisotopic (exact) mass is 186 g/mol. The molecule has 1 heterocycles. The Morgan fingerprint density at radius 1 is 1.46 bits per heavy atom. The van der Waals surface area contributed by atoms with Crippen molar-refractivity contribution in [2.24, 2.45) is 17.6 Å². The van der Waals surface area contributed by atoms with Crippen LogP contribution in [-0.4, -0.2) is 36.7 Å².